The Kier molecular flexibility index (Phi) is 4.56. The molecule has 17 heavy (non-hydrogen) atoms. The van der Waals surface area contributed by atoms with E-state index in [0.29, 0.717) is 6.61 Å². The third-order valence-corrected chi connectivity index (χ3v) is 5.44. The summed E-state index contributed by atoms with van der Waals surface area (Å²) >= 11 is 0. The molecule has 5 heteroatoms. The highest BCUT2D eigenvalue weighted by Gasteiger charge is 2.31. The summed E-state index contributed by atoms with van der Waals surface area (Å²) in [5, 5.41) is 0.0451. The number of ether oxygens (including phenoxy) is 1. The van der Waals surface area contributed by atoms with Crippen LogP contribution in [-0.2, 0) is 20.3 Å². The number of carbonyl (C=O) groups excluding carboxylic acids is 1. The lowest BCUT2D eigenvalue weighted by molar-refractivity contribution is -0.129. The van der Waals surface area contributed by atoms with Crippen LogP contribution in [0.3, 0.4) is 0 Å². The summed E-state index contributed by atoms with van der Waals surface area (Å²) in [6.07, 6.45) is 4.23. The van der Waals surface area contributed by atoms with E-state index in [9.17, 15) is 9.00 Å². The van der Waals surface area contributed by atoms with Crippen LogP contribution in [0.15, 0.2) is 0 Å². The van der Waals surface area contributed by atoms with Crippen LogP contribution in [0.1, 0.15) is 32.6 Å². The van der Waals surface area contributed by atoms with Crippen molar-refractivity contribution in [2.24, 2.45) is 0 Å². The maximum Gasteiger partial charge on any atom is 0.235 e. The third kappa shape index (κ3) is 3.28. The number of amides is 1. The fourth-order valence-electron chi connectivity index (χ4n) is 2.52. The molecule has 2 heterocycles. The number of hydrogen-bond acceptors (Lipinski definition) is 3. The maximum atomic E-state index is 12.1. The van der Waals surface area contributed by atoms with Crippen molar-refractivity contribution in [3.63, 3.8) is 0 Å². The van der Waals surface area contributed by atoms with E-state index in [0.717, 1.165) is 32.4 Å². The second-order valence-electron chi connectivity index (χ2n) is 4.87. The number of rotatable bonds is 3. The minimum absolute atomic E-state index is 0.0324. The lowest BCUT2D eigenvalue weighted by Crippen LogP contribution is -2.40. The normalized spacial score (nSPS) is 31.5. The molecular weight excluding hydrogens is 238 g/mol. The van der Waals surface area contributed by atoms with Crippen molar-refractivity contribution in [2.45, 2.75) is 44.0 Å². The van der Waals surface area contributed by atoms with Gasteiger partial charge in [-0.25, -0.2) is 0 Å². The van der Waals surface area contributed by atoms with Gasteiger partial charge in [0, 0.05) is 30.5 Å². The van der Waals surface area contributed by atoms with Gasteiger partial charge in [-0.05, 0) is 32.6 Å². The summed E-state index contributed by atoms with van der Waals surface area (Å²) < 4.78 is 17.5. The van der Waals surface area contributed by atoms with Crippen molar-refractivity contribution in [3.05, 3.63) is 0 Å². The molecule has 0 aromatic carbocycles. The zero-order valence-corrected chi connectivity index (χ0v) is 11.2. The standard InChI is InChI=1S/C12H21NO3S/c1-10-11(5-8-16-10)17(15)9-12(14)13-6-3-2-4-7-13/h10-11H,2-9H2,1H3/t10-,11-,17-/m0/s1. The Hall–Kier alpha value is -0.420. The molecule has 1 amide bonds. The van der Waals surface area contributed by atoms with Crippen molar-refractivity contribution >= 4 is 16.7 Å². The fraction of sp³-hybridized carbons (Fsp3) is 0.917. The molecule has 98 valence electrons. The highest BCUT2D eigenvalue weighted by molar-refractivity contribution is 7.86. The molecule has 0 unspecified atom stereocenters. The molecule has 2 rings (SSSR count). The fourth-order valence-corrected chi connectivity index (χ4v) is 4.03. The molecule has 0 aromatic heterocycles. The Morgan fingerprint density at radius 2 is 2.06 bits per heavy atom. The summed E-state index contributed by atoms with van der Waals surface area (Å²) in [5.41, 5.74) is 0. The largest absolute Gasteiger partial charge is 0.377 e. The van der Waals surface area contributed by atoms with Crippen LogP contribution < -0.4 is 0 Å². The van der Waals surface area contributed by atoms with Crippen molar-refractivity contribution < 1.29 is 13.7 Å². The first-order valence-corrected chi connectivity index (χ1v) is 7.83. The van der Waals surface area contributed by atoms with Crippen molar-refractivity contribution in [1.82, 2.24) is 4.90 Å². The second kappa shape index (κ2) is 5.96. The summed E-state index contributed by atoms with van der Waals surface area (Å²) in [4.78, 5) is 13.8. The van der Waals surface area contributed by atoms with E-state index in [1.54, 1.807) is 0 Å². The van der Waals surface area contributed by atoms with E-state index in [2.05, 4.69) is 0 Å². The van der Waals surface area contributed by atoms with Crippen LogP contribution in [0, 0.1) is 0 Å². The molecule has 0 spiro atoms. The molecule has 3 atom stereocenters. The minimum atomic E-state index is -1.07. The predicted molar refractivity (Wildman–Crippen MR) is 67.3 cm³/mol. The van der Waals surface area contributed by atoms with Crippen LogP contribution in [0.4, 0.5) is 0 Å². The number of nitrogens with zero attached hydrogens (tertiary/aromatic N) is 1. The Morgan fingerprint density at radius 1 is 1.35 bits per heavy atom. The van der Waals surface area contributed by atoms with E-state index in [1.807, 2.05) is 11.8 Å². The molecule has 0 N–H and O–H groups in total. The van der Waals surface area contributed by atoms with Gasteiger partial charge in [-0.15, -0.1) is 0 Å². The van der Waals surface area contributed by atoms with E-state index in [1.165, 1.54) is 6.42 Å². The van der Waals surface area contributed by atoms with E-state index in [4.69, 9.17) is 4.74 Å². The predicted octanol–water partition coefficient (Wildman–Crippen LogP) is 0.925. The second-order valence-corrected chi connectivity index (χ2v) is 6.53. The Bertz CT molecular complexity index is 302. The molecule has 0 aromatic rings. The maximum absolute atomic E-state index is 12.1. The topological polar surface area (TPSA) is 46.6 Å². The number of hydrogen-bond donors (Lipinski definition) is 0. The quantitative estimate of drug-likeness (QED) is 0.757. The highest BCUT2D eigenvalue weighted by atomic mass is 32.2. The van der Waals surface area contributed by atoms with Gasteiger partial charge in [0.05, 0.1) is 11.4 Å². The molecule has 0 bridgehead atoms. The molecule has 2 saturated heterocycles. The lowest BCUT2D eigenvalue weighted by Gasteiger charge is -2.27. The molecule has 0 radical (unpaired) electrons. The monoisotopic (exact) mass is 259 g/mol. The summed E-state index contributed by atoms with van der Waals surface area (Å²) in [5.74, 6) is 0.236. The molecule has 2 fully saturated rings. The Balaban J connectivity index is 1.83. The first-order valence-electron chi connectivity index (χ1n) is 6.45. The van der Waals surface area contributed by atoms with Gasteiger partial charge in [0.2, 0.25) is 5.91 Å². The Labute approximate surface area is 105 Å². The van der Waals surface area contributed by atoms with Crippen LogP contribution in [0.25, 0.3) is 0 Å². The summed E-state index contributed by atoms with van der Waals surface area (Å²) in [7, 11) is -1.07. The molecular formula is C12H21NO3S. The first-order chi connectivity index (χ1) is 8.18. The van der Waals surface area contributed by atoms with Crippen molar-refractivity contribution in [1.29, 1.82) is 0 Å². The van der Waals surface area contributed by atoms with Crippen LogP contribution in [0.5, 0.6) is 0 Å². The SMILES string of the molecule is C[C@@H]1OCC[C@@H]1[S@@](=O)CC(=O)N1CCCCC1. The highest BCUT2D eigenvalue weighted by Crippen LogP contribution is 2.19. The van der Waals surface area contributed by atoms with Gasteiger partial charge in [0.15, 0.2) is 0 Å². The van der Waals surface area contributed by atoms with Gasteiger partial charge in [0.1, 0.15) is 5.75 Å². The van der Waals surface area contributed by atoms with E-state index < -0.39 is 10.8 Å². The molecule has 2 aliphatic heterocycles. The van der Waals surface area contributed by atoms with Crippen LogP contribution >= 0.6 is 0 Å². The zero-order chi connectivity index (χ0) is 12.3. The summed E-state index contributed by atoms with van der Waals surface area (Å²) in [6, 6.07) is 0. The molecule has 0 aliphatic carbocycles. The average Bonchev–Trinajstić information content (AvgIpc) is 2.76. The van der Waals surface area contributed by atoms with Crippen molar-refractivity contribution in [2.75, 3.05) is 25.4 Å². The average molecular weight is 259 g/mol. The zero-order valence-electron chi connectivity index (χ0n) is 10.4. The van der Waals surface area contributed by atoms with Gasteiger partial charge in [0.25, 0.3) is 0 Å². The van der Waals surface area contributed by atoms with Gasteiger partial charge in [-0.1, -0.05) is 0 Å². The van der Waals surface area contributed by atoms with E-state index in [-0.39, 0.29) is 23.0 Å². The first kappa shape index (κ1) is 13.0. The number of likely N-dealkylation sites (tertiary alicyclic amines) is 1. The number of carbonyl (C=O) groups is 1. The summed E-state index contributed by atoms with van der Waals surface area (Å²) in [6.45, 7) is 4.30. The number of piperidine rings is 1. The minimum Gasteiger partial charge on any atom is -0.377 e. The lowest BCUT2D eigenvalue weighted by atomic mass is 10.1. The van der Waals surface area contributed by atoms with Crippen LogP contribution in [0.2, 0.25) is 0 Å². The van der Waals surface area contributed by atoms with Gasteiger partial charge < -0.3 is 9.64 Å². The van der Waals surface area contributed by atoms with Gasteiger partial charge in [-0.2, -0.15) is 0 Å². The van der Waals surface area contributed by atoms with Gasteiger partial charge in [-0.3, -0.25) is 9.00 Å². The smallest absolute Gasteiger partial charge is 0.235 e. The van der Waals surface area contributed by atoms with Gasteiger partial charge >= 0.3 is 0 Å². The molecule has 0 saturated carbocycles. The van der Waals surface area contributed by atoms with E-state index >= 15 is 0 Å². The molecule has 4 nitrogen and oxygen atoms in total. The molecule has 2 aliphatic rings. The third-order valence-electron chi connectivity index (χ3n) is 3.62. The van der Waals surface area contributed by atoms with Crippen molar-refractivity contribution in [3.8, 4) is 0 Å². The Morgan fingerprint density at radius 3 is 2.65 bits per heavy atom. The van der Waals surface area contributed by atoms with Crippen LogP contribution in [-0.4, -0.2) is 51.8 Å².